The van der Waals surface area contributed by atoms with Gasteiger partial charge in [0.05, 0.1) is 21.7 Å². The Morgan fingerprint density at radius 2 is 1.31 bits per heavy atom. The molecule has 0 saturated carbocycles. The topological polar surface area (TPSA) is 12.4 Å². The van der Waals surface area contributed by atoms with E-state index in [0.29, 0.717) is 0 Å². The summed E-state index contributed by atoms with van der Waals surface area (Å²) in [4.78, 5) is 5.36. The van der Waals surface area contributed by atoms with Crippen LogP contribution in [-0.2, 0) is 0 Å². The molecule has 0 aliphatic carbocycles. The molecule has 0 atom stereocenters. The third kappa shape index (κ3) is 6.80. The lowest BCUT2D eigenvalue weighted by molar-refractivity contribution is 0.588. The molecule has 0 fully saturated rings. The normalized spacial score (nSPS) is 14.1. The van der Waals surface area contributed by atoms with Crippen molar-refractivity contribution in [2.75, 3.05) is 0 Å². The Kier molecular flexibility index (Phi) is 5.41. The Morgan fingerprint density at radius 3 is 1.56 bits per heavy atom. The van der Waals surface area contributed by atoms with Gasteiger partial charge in [-0.25, -0.2) is 4.99 Å². The van der Waals surface area contributed by atoms with Crippen molar-refractivity contribution in [1.29, 1.82) is 0 Å². The van der Waals surface area contributed by atoms with E-state index in [1.54, 1.807) is 0 Å². The highest BCUT2D eigenvalue weighted by Crippen LogP contribution is 2.29. The van der Waals surface area contributed by atoms with Crippen molar-refractivity contribution < 1.29 is 0 Å². The SMILES string of the molecule is CC(C)(C)N=C=PC([Si](C)(C)C)[Si](C)(C)C. The molecule has 0 rings (SSSR count). The van der Waals surface area contributed by atoms with Crippen LogP contribution in [-0.4, -0.2) is 32.2 Å². The number of hydrogen-bond donors (Lipinski definition) is 0. The first-order chi connectivity index (χ1) is 6.84. The number of nitrogens with zero attached hydrogens (tertiary/aromatic N) is 1. The Bertz CT molecular complexity index is 272. The fourth-order valence-corrected chi connectivity index (χ4v) is 16.2. The lowest BCUT2D eigenvalue weighted by atomic mass is 10.1. The molecule has 0 aromatic rings. The highest BCUT2D eigenvalue weighted by Gasteiger charge is 2.36. The molecule has 0 spiro atoms. The predicted octanol–water partition coefficient (Wildman–Crippen LogP) is 4.76. The van der Waals surface area contributed by atoms with Gasteiger partial charge in [0.1, 0.15) is 0 Å². The van der Waals surface area contributed by atoms with Gasteiger partial charge in [-0.2, -0.15) is 0 Å². The summed E-state index contributed by atoms with van der Waals surface area (Å²) in [6, 6.07) is 0. The van der Waals surface area contributed by atoms with Crippen molar-refractivity contribution in [3.63, 3.8) is 0 Å². The summed E-state index contributed by atoms with van der Waals surface area (Å²) in [6.45, 7) is 21.2. The van der Waals surface area contributed by atoms with Gasteiger partial charge < -0.3 is 0 Å². The minimum atomic E-state index is -1.09. The Morgan fingerprint density at radius 1 is 0.938 bits per heavy atom. The molecule has 0 radical (unpaired) electrons. The first kappa shape index (κ1) is 16.3. The van der Waals surface area contributed by atoms with Crippen LogP contribution in [0.15, 0.2) is 4.99 Å². The van der Waals surface area contributed by atoms with Crippen molar-refractivity contribution in [1.82, 2.24) is 0 Å². The average Bonchev–Trinajstić information content (AvgIpc) is 1.90. The van der Waals surface area contributed by atoms with Gasteiger partial charge in [0, 0.05) is 5.59 Å². The van der Waals surface area contributed by atoms with Crippen molar-refractivity contribution in [3.8, 4) is 0 Å². The molecule has 0 bridgehead atoms. The molecule has 0 aliphatic rings. The Labute approximate surface area is 106 Å². The van der Waals surface area contributed by atoms with E-state index in [-0.39, 0.29) is 5.54 Å². The van der Waals surface area contributed by atoms with Gasteiger partial charge in [-0.1, -0.05) is 39.3 Å². The minimum absolute atomic E-state index is 0.0242. The first-order valence-electron chi connectivity index (χ1n) is 6.01. The molecule has 0 heterocycles. The summed E-state index contributed by atoms with van der Waals surface area (Å²) in [7, 11) is -0.845. The first-order valence-corrected chi connectivity index (χ1v) is 14.1. The highest BCUT2D eigenvalue weighted by atomic mass is 31.1. The second-order valence-corrected chi connectivity index (χ2v) is 20.8. The second-order valence-electron chi connectivity index (χ2n) is 7.65. The second kappa shape index (κ2) is 5.31. The molecule has 16 heavy (non-hydrogen) atoms. The summed E-state index contributed by atoms with van der Waals surface area (Å²) in [5, 5.41) is 0. The van der Waals surface area contributed by atoms with Gasteiger partial charge >= 0.3 is 0 Å². The fraction of sp³-hybridized carbons (Fsp3) is 0.917. The van der Waals surface area contributed by atoms with Crippen LogP contribution in [0.3, 0.4) is 0 Å². The molecule has 4 heteroatoms. The van der Waals surface area contributed by atoms with Gasteiger partial charge in [0.2, 0.25) is 0 Å². The molecule has 1 nitrogen and oxygen atoms in total. The predicted molar refractivity (Wildman–Crippen MR) is 84.6 cm³/mol. The van der Waals surface area contributed by atoms with Crippen molar-refractivity contribution >= 4 is 29.9 Å². The molecule has 0 unspecified atom stereocenters. The van der Waals surface area contributed by atoms with Crippen LogP contribution in [0.1, 0.15) is 20.8 Å². The molecular formula is C12H28NPSi2. The van der Waals surface area contributed by atoms with E-state index in [4.69, 9.17) is 0 Å². The largest absolute Gasteiger partial charge is 0.233 e. The maximum absolute atomic E-state index is 4.51. The van der Waals surface area contributed by atoms with Gasteiger partial charge in [-0.15, -0.1) is 0 Å². The monoisotopic (exact) mass is 273 g/mol. The smallest absolute Gasteiger partial charge is 0.0621 e. The molecule has 0 aliphatic heterocycles. The van der Waals surface area contributed by atoms with Crippen molar-refractivity contribution in [3.05, 3.63) is 0 Å². The van der Waals surface area contributed by atoms with E-state index < -0.39 is 16.1 Å². The number of rotatable bonds is 3. The Balaban J connectivity index is 5.07. The lowest BCUT2D eigenvalue weighted by Crippen LogP contribution is -2.50. The van der Waals surface area contributed by atoms with Gasteiger partial charge in [-0.3, -0.25) is 0 Å². The summed E-state index contributed by atoms with van der Waals surface area (Å²) >= 11 is 0. The van der Waals surface area contributed by atoms with Gasteiger partial charge in [-0.05, 0) is 33.9 Å². The zero-order valence-corrected chi connectivity index (χ0v) is 15.4. The third-order valence-electron chi connectivity index (χ3n) is 2.21. The molecule has 0 aromatic heterocycles. The van der Waals surface area contributed by atoms with E-state index in [2.05, 4.69) is 70.6 Å². The summed E-state index contributed by atoms with van der Waals surface area (Å²) < 4.78 is 0. The van der Waals surface area contributed by atoms with Gasteiger partial charge in [0.25, 0.3) is 0 Å². The number of aliphatic imine (C=N–C) groups is 1. The molecule has 0 saturated heterocycles. The molecule has 0 N–H and O–H groups in total. The standard InChI is InChI=1S/C12H28NPSi2/c1-12(2,3)13-10-14-11(15(4,5)6)16(7,8)9/h11H,1-9H3. The zero-order valence-electron chi connectivity index (χ0n) is 12.5. The molecular weight excluding hydrogens is 245 g/mol. The summed E-state index contributed by atoms with van der Waals surface area (Å²) in [5.74, 6) is 0. The van der Waals surface area contributed by atoms with Crippen LogP contribution in [0.4, 0.5) is 0 Å². The Hall–Kier alpha value is 0.314. The van der Waals surface area contributed by atoms with E-state index in [9.17, 15) is 0 Å². The van der Waals surface area contributed by atoms with E-state index in [0.717, 1.165) is 4.91 Å². The maximum atomic E-state index is 4.51. The van der Waals surface area contributed by atoms with Crippen LogP contribution in [0.2, 0.25) is 39.3 Å². The number of hydrogen-bond acceptors (Lipinski definition) is 1. The van der Waals surface area contributed by atoms with Crippen molar-refractivity contribution in [2.45, 2.75) is 70.5 Å². The van der Waals surface area contributed by atoms with Crippen LogP contribution in [0, 0.1) is 0 Å². The van der Waals surface area contributed by atoms with Gasteiger partial charge in [0.15, 0.2) is 0 Å². The summed E-state index contributed by atoms with van der Waals surface area (Å²) in [6.07, 6.45) is 0. The molecule has 0 aromatic carbocycles. The van der Waals surface area contributed by atoms with Crippen LogP contribution >= 0.6 is 8.20 Å². The average molecular weight is 274 g/mol. The zero-order chi connectivity index (χ0) is 13.2. The van der Waals surface area contributed by atoms with E-state index in [1.807, 2.05) is 0 Å². The van der Waals surface area contributed by atoms with Crippen LogP contribution in [0.5, 0.6) is 0 Å². The minimum Gasteiger partial charge on any atom is -0.233 e. The van der Waals surface area contributed by atoms with E-state index >= 15 is 0 Å². The van der Waals surface area contributed by atoms with Crippen LogP contribution in [0.25, 0.3) is 0 Å². The molecule has 94 valence electrons. The quantitative estimate of drug-likeness (QED) is 0.399. The third-order valence-corrected chi connectivity index (χ3v) is 16.6. The highest BCUT2D eigenvalue weighted by molar-refractivity contribution is 7.48. The van der Waals surface area contributed by atoms with E-state index in [1.165, 1.54) is 8.20 Å². The van der Waals surface area contributed by atoms with Crippen molar-refractivity contribution in [2.24, 2.45) is 4.99 Å². The summed E-state index contributed by atoms with van der Waals surface area (Å²) in [5.41, 5.74) is 3.33. The maximum Gasteiger partial charge on any atom is 0.0621 e. The van der Waals surface area contributed by atoms with Crippen LogP contribution < -0.4 is 0 Å². The lowest BCUT2D eigenvalue weighted by Gasteiger charge is -2.34. The molecule has 0 amide bonds. The fourth-order valence-electron chi connectivity index (χ4n) is 1.92.